The van der Waals surface area contributed by atoms with Crippen LogP contribution in [0, 0.1) is 0 Å². The predicted molar refractivity (Wildman–Crippen MR) is 78.7 cm³/mol. The van der Waals surface area contributed by atoms with Gasteiger partial charge in [0.25, 0.3) is 0 Å². The summed E-state index contributed by atoms with van der Waals surface area (Å²) in [5.74, 6) is 0. The molecule has 112 valence electrons. The first-order valence-electron chi connectivity index (χ1n) is 6.08. The molecule has 1 heterocycles. The number of rotatable bonds is 3. The quantitative estimate of drug-likeness (QED) is 0.877. The minimum atomic E-state index is -4.45. The van der Waals surface area contributed by atoms with E-state index in [1.54, 1.807) is 19.2 Å². The van der Waals surface area contributed by atoms with Gasteiger partial charge in [0.2, 0.25) is 0 Å². The van der Waals surface area contributed by atoms with E-state index in [4.69, 9.17) is 5.73 Å². The monoisotopic (exact) mass is 359 g/mol. The zero-order chi connectivity index (χ0) is 15.6. The van der Waals surface area contributed by atoms with Gasteiger partial charge < -0.3 is 11.1 Å². The van der Waals surface area contributed by atoms with Crippen molar-refractivity contribution in [3.63, 3.8) is 0 Å². The van der Waals surface area contributed by atoms with Gasteiger partial charge in [0, 0.05) is 28.1 Å². The second-order valence-electron chi connectivity index (χ2n) is 4.46. The normalized spacial score (nSPS) is 13.2. The topological polar surface area (TPSA) is 50.9 Å². The molecule has 0 saturated heterocycles. The molecule has 1 aromatic carbocycles. The molecule has 1 atom stereocenters. The number of halogens is 4. The molecule has 0 amide bonds. The number of benzene rings is 1. The Balaban J connectivity index is 2.61. The van der Waals surface area contributed by atoms with E-state index >= 15 is 0 Å². The Kier molecular flexibility index (Phi) is 4.53. The number of nitrogens with zero attached hydrogens (tertiary/aromatic N) is 1. The SMILES string of the molecule is CNC(c1cnccc1N)c1ccc(Br)cc1C(F)(F)F. The molecule has 2 rings (SSSR count). The van der Waals surface area contributed by atoms with Crippen molar-refractivity contribution in [2.45, 2.75) is 12.2 Å². The van der Waals surface area contributed by atoms with Crippen LogP contribution in [-0.4, -0.2) is 12.0 Å². The maximum atomic E-state index is 13.2. The zero-order valence-corrected chi connectivity index (χ0v) is 12.7. The van der Waals surface area contributed by atoms with E-state index < -0.39 is 17.8 Å². The van der Waals surface area contributed by atoms with E-state index in [1.807, 2.05) is 0 Å². The van der Waals surface area contributed by atoms with Crippen LogP contribution in [0.2, 0.25) is 0 Å². The number of hydrogen-bond donors (Lipinski definition) is 2. The summed E-state index contributed by atoms with van der Waals surface area (Å²) >= 11 is 3.07. The highest BCUT2D eigenvalue weighted by atomic mass is 79.9. The predicted octanol–water partition coefficient (Wildman–Crippen LogP) is 3.75. The van der Waals surface area contributed by atoms with Crippen LogP contribution < -0.4 is 11.1 Å². The highest BCUT2D eigenvalue weighted by Crippen LogP contribution is 2.38. The molecule has 3 N–H and O–H groups in total. The van der Waals surface area contributed by atoms with Crippen molar-refractivity contribution in [3.05, 3.63) is 57.8 Å². The molecule has 0 spiro atoms. The molecule has 0 saturated carbocycles. The maximum Gasteiger partial charge on any atom is 0.416 e. The summed E-state index contributed by atoms with van der Waals surface area (Å²) in [4.78, 5) is 3.94. The minimum Gasteiger partial charge on any atom is -0.398 e. The van der Waals surface area contributed by atoms with Crippen molar-refractivity contribution in [2.75, 3.05) is 12.8 Å². The fourth-order valence-electron chi connectivity index (χ4n) is 2.16. The number of pyridine rings is 1. The fraction of sp³-hybridized carbons (Fsp3) is 0.214. The summed E-state index contributed by atoms with van der Waals surface area (Å²) in [7, 11) is 1.58. The first kappa shape index (κ1) is 15.8. The third kappa shape index (κ3) is 3.36. The van der Waals surface area contributed by atoms with E-state index in [0.717, 1.165) is 6.07 Å². The molecule has 1 unspecified atom stereocenters. The lowest BCUT2D eigenvalue weighted by atomic mass is 9.94. The van der Waals surface area contributed by atoms with Crippen LogP contribution >= 0.6 is 15.9 Å². The van der Waals surface area contributed by atoms with Gasteiger partial charge in [-0.3, -0.25) is 4.98 Å². The lowest BCUT2D eigenvalue weighted by molar-refractivity contribution is -0.138. The van der Waals surface area contributed by atoms with Crippen molar-refractivity contribution >= 4 is 21.6 Å². The standard InChI is InChI=1S/C14H13BrF3N3/c1-20-13(10-7-21-5-4-12(10)19)9-3-2-8(15)6-11(9)14(16,17)18/h2-7,13,20H,1H3,(H2,19,21). The number of nitrogens with two attached hydrogens (primary N) is 1. The summed E-state index contributed by atoms with van der Waals surface area (Å²) in [6.45, 7) is 0. The largest absolute Gasteiger partial charge is 0.416 e. The van der Waals surface area contributed by atoms with Crippen LogP contribution in [-0.2, 0) is 6.18 Å². The molecule has 0 radical (unpaired) electrons. The van der Waals surface area contributed by atoms with E-state index in [0.29, 0.717) is 15.7 Å². The molecule has 1 aromatic heterocycles. The van der Waals surface area contributed by atoms with E-state index in [-0.39, 0.29) is 5.56 Å². The highest BCUT2D eigenvalue weighted by molar-refractivity contribution is 9.10. The lowest BCUT2D eigenvalue weighted by Crippen LogP contribution is -2.23. The van der Waals surface area contributed by atoms with E-state index in [1.165, 1.54) is 18.5 Å². The van der Waals surface area contributed by atoms with Crippen molar-refractivity contribution < 1.29 is 13.2 Å². The summed E-state index contributed by atoms with van der Waals surface area (Å²) in [6, 6.07) is 4.93. The average Bonchev–Trinajstić information content (AvgIpc) is 2.42. The third-order valence-electron chi connectivity index (χ3n) is 3.12. The molecule has 0 aliphatic rings. The molecule has 21 heavy (non-hydrogen) atoms. The maximum absolute atomic E-state index is 13.2. The Morgan fingerprint density at radius 3 is 2.52 bits per heavy atom. The van der Waals surface area contributed by atoms with Gasteiger partial charge in [-0.1, -0.05) is 22.0 Å². The van der Waals surface area contributed by atoms with Gasteiger partial charge in [0.15, 0.2) is 0 Å². The summed E-state index contributed by atoms with van der Waals surface area (Å²) in [5.41, 5.74) is 6.15. The van der Waals surface area contributed by atoms with Crippen LogP contribution in [0.15, 0.2) is 41.1 Å². The van der Waals surface area contributed by atoms with Crippen LogP contribution in [0.5, 0.6) is 0 Å². The van der Waals surface area contributed by atoms with Crippen molar-refractivity contribution in [1.29, 1.82) is 0 Å². The Hall–Kier alpha value is -1.60. The van der Waals surface area contributed by atoms with Gasteiger partial charge in [0.05, 0.1) is 11.6 Å². The van der Waals surface area contributed by atoms with Gasteiger partial charge >= 0.3 is 6.18 Å². The Bertz CT molecular complexity index is 644. The number of alkyl halides is 3. The molecule has 3 nitrogen and oxygen atoms in total. The number of anilines is 1. The molecule has 2 aromatic rings. The van der Waals surface area contributed by atoms with Crippen LogP contribution in [0.3, 0.4) is 0 Å². The van der Waals surface area contributed by atoms with Crippen LogP contribution in [0.25, 0.3) is 0 Å². The van der Waals surface area contributed by atoms with Gasteiger partial charge in [-0.2, -0.15) is 13.2 Å². The highest BCUT2D eigenvalue weighted by Gasteiger charge is 2.35. The van der Waals surface area contributed by atoms with Crippen LogP contribution in [0.4, 0.5) is 18.9 Å². The number of hydrogen-bond acceptors (Lipinski definition) is 3. The van der Waals surface area contributed by atoms with Gasteiger partial charge in [-0.15, -0.1) is 0 Å². The first-order valence-corrected chi connectivity index (χ1v) is 6.87. The smallest absolute Gasteiger partial charge is 0.398 e. The second-order valence-corrected chi connectivity index (χ2v) is 5.37. The molecule has 0 bridgehead atoms. The molecular weight excluding hydrogens is 347 g/mol. The first-order chi connectivity index (χ1) is 9.84. The summed E-state index contributed by atoms with van der Waals surface area (Å²) in [5, 5.41) is 2.87. The summed E-state index contributed by atoms with van der Waals surface area (Å²) < 4.78 is 40.1. The van der Waals surface area contributed by atoms with Gasteiger partial charge in [0.1, 0.15) is 0 Å². The van der Waals surface area contributed by atoms with Gasteiger partial charge in [-0.05, 0) is 30.8 Å². The van der Waals surface area contributed by atoms with Crippen LogP contribution in [0.1, 0.15) is 22.7 Å². The Morgan fingerprint density at radius 2 is 1.95 bits per heavy atom. The average molecular weight is 360 g/mol. The van der Waals surface area contributed by atoms with Gasteiger partial charge in [-0.25, -0.2) is 0 Å². The molecule has 0 fully saturated rings. The Morgan fingerprint density at radius 1 is 1.24 bits per heavy atom. The van der Waals surface area contributed by atoms with E-state index in [9.17, 15) is 13.2 Å². The zero-order valence-electron chi connectivity index (χ0n) is 11.1. The number of aromatic nitrogens is 1. The molecule has 0 aliphatic heterocycles. The Labute approximate surface area is 128 Å². The minimum absolute atomic E-state index is 0.105. The van der Waals surface area contributed by atoms with Crippen molar-refractivity contribution in [3.8, 4) is 0 Å². The molecule has 0 aliphatic carbocycles. The number of nitrogen functional groups attached to an aromatic ring is 1. The van der Waals surface area contributed by atoms with Crippen molar-refractivity contribution in [1.82, 2.24) is 10.3 Å². The molecular formula is C14H13BrF3N3. The summed E-state index contributed by atoms with van der Waals surface area (Å²) in [6.07, 6.45) is -1.48. The lowest BCUT2D eigenvalue weighted by Gasteiger charge is -2.23. The van der Waals surface area contributed by atoms with Crippen molar-refractivity contribution in [2.24, 2.45) is 0 Å². The second kappa shape index (κ2) is 6.03. The van der Waals surface area contributed by atoms with E-state index in [2.05, 4.69) is 26.2 Å². The third-order valence-corrected chi connectivity index (χ3v) is 3.61. The number of nitrogens with one attached hydrogen (secondary N) is 1. The fourth-order valence-corrected chi connectivity index (χ4v) is 2.52. The molecule has 7 heteroatoms.